The number of thioether (sulfide) groups is 1. The van der Waals surface area contributed by atoms with Crippen molar-refractivity contribution in [3.05, 3.63) is 162 Å². The molecule has 0 amide bonds. The Labute approximate surface area is 239 Å². The summed E-state index contributed by atoms with van der Waals surface area (Å²) in [6.07, 6.45) is 1.57. The Morgan fingerprint density at radius 3 is 1.38 bits per heavy atom. The zero-order valence-electron chi connectivity index (χ0n) is 22.2. The second-order valence-electron chi connectivity index (χ2n) is 9.38. The second-order valence-corrected chi connectivity index (χ2v) is 10.3. The summed E-state index contributed by atoms with van der Waals surface area (Å²) in [5.41, 5.74) is 4.16. The quantitative estimate of drug-likeness (QED) is 0.138. The van der Waals surface area contributed by atoms with Crippen molar-refractivity contribution in [1.82, 2.24) is 0 Å². The lowest BCUT2D eigenvalue weighted by Crippen LogP contribution is -2.37. The highest BCUT2D eigenvalue weighted by Crippen LogP contribution is 2.38. The summed E-state index contributed by atoms with van der Waals surface area (Å²) in [4.78, 5) is 0. The van der Waals surface area contributed by atoms with E-state index in [9.17, 15) is 10.3 Å². The second kappa shape index (κ2) is 13.2. The molecule has 0 saturated carbocycles. The number of aliphatic hydroxyl groups is 1. The van der Waals surface area contributed by atoms with E-state index in [0.29, 0.717) is 22.9 Å². The van der Waals surface area contributed by atoms with Gasteiger partial charge >= 0.3 is 0 Å². The van der Waals surface area contributed by atoms with E-state index in [0.717, 1.165) is 27.0 Å². The maximum absolute atomic E-state index is 10.9. The van der Waals surface area contributed by atoms with Crippen LogP contribution in [0.1, 0.15) is 46.3 Å². The molecule has 5 aromatic rings. The molecule has 1 heterocycles. The fourth-order valence-electron chi connectivity index (χ4n) is 4.62. The predicted octanol–water partition coefficient (Wildman–Crippen LogP) is 6.94. The van der Waals surface area contributed by atoms with Crippen LogP contribution in [-0.4, -0.2) is 22.3 Å². The Morgan fingerprint density at radius 1 is 0.625 bits per heavy atom. The van der Waals surface area contributed by atoms with Crippen LogP contribution in [0.15, 0.2) is 134 Å². The smallest absolute Gasteiger partial charge is 0.268 e. The van der Waals surface area contributed by atoms with Gasteiger partial charge in [0, 0.05) is 10.5 Å². The molecule has 1 atom stereocenters. The molecule has 0 bridgehead atoms. The average Bonchev–Trinajstić information content (AvgIpc) is 3.01. The number of nitrogens with zero attached hydrogens (tertiary/aromatic N) is 1. The van der Waals surface area contributed by atoms with Gasteiger partial charge in [-0.05, 0) is 28.5 Å². The Hall–Kier alpha value is -4.26. The summed E-state index contributed by atoms with van der Waals surface area (Å²) in [6.45, 7) is 0. The lowest BCUT2D eigenvalue weighted by molar-refractivity contribution is -0.911. The molecule has 4 aromatic carbocycles. The fraction of sp³-hybridized carbons (Fsp3) is 0.147. The van der Waals surface area contributed by atoms with E-state index in [1.807, 2.05) is 128 Å². The molecule has 202 valence electrons. The van der Waals surface area contributed by atoms with Crippen molar-refractivity contribution in [1.29, 1.82) is 0 Å². The topological polar surface area (TPSA) is 62.8 Å². The number of rotatable bonds is 11. The van der Waals surface area contributed by atoms with Gasteiger partial charge in [0.15, 0.2) is 11.9 Å². The van der Waals surface area contributed by atoms with Crippen LogP contribution in [0, 0.1) is 0 Å². The number of hydrogen-bond donors (Lipinski definition) is 2. The molecule has 2 N–H and O–H groups in total. The minimum atomic E-state index is -0.901. The fourth-order valence-corrected chi connectivity index (χ4v) is 5.10. The van der Waals surface area contributed by atoms with Crippen molar-refractivity contribution >= 4 is 11.8 Å². The van der Waals surface area contributed by atoms with Crippen molar-refractivity contribution in [2.24, 2.45) is 0 Å². The Kier molecular flexibility index (Phi) is 9.01. The molecular formula is C34H32NO4S+. The molecule has 5 nitrogen and oxygen atoms in total. The Balaban J connectivity index is 1.62. The molecule has 1 aromatic heterocycles. The number of benzene rings is 4. The van der Waals surface area contributed by atoms with Crippen molar-refractivity contribution in [3.63, 3.8) is 0 Å². The zero-order chi connectivity index (χ0) is 27.7. The van der Waals surface area contributed by atoms with E-state index in [1.54, 1.807) is 6.07 Å². The summed E-state index contributed by atoms with van der Waals surface area (Å²) in [5.74, 6) is 1.17. The van der Waals surface area contributed by atoms with Gasteiger partial charge in [-0.2, -0.15) is 11.8 Å². The van der Waals surface area contributed by atoms with Crippen LogP contribution < -0.4 is 14.2 Å². The highest BCUT2D eigenvalue weighted by atomic mass is 32.2. The third-order valence-corrected chi connectivity index (χ3v) is 7.24. The van der Waals surface area contributed by atoms with Crippen LogP contribution in [0.5, 0.6) is 11.5 Å². The van der Waals surface area contributed by atoms with E-state index in [1.165, 1.54) is 18.0 Å². The van der Waals surface area contributed by atoms with E-state index in [2.05, 4.69) is 0 Å². The normalized spacial score (nSPS) is 11.9. The molecule has 5 rings (SSSR count). The van der Waals surface area contributed by atoms with E-state index >= 15 is 0 Å². The lowest BCUT2D eigenvalue weighted by Gasteiger charge is -2.24. The van der Waals surface area contributed by atoms with Crippen LogP contribution in [0.2, 0.25) is 0 Å². The first kappa shape index (κ1) is 27.3. The molecule has 0 aliphatic rings. The van der Waals surface area contributed by atoms with Gasteiger partial charge in [-0.3, -0.25) is 5.21 Å². The van der Waals surface area contributed by atoms with Gasteiger partial charge in [-0.15, -0.1) is 0 Å². The largest absolute Gasteiger partial charge is 0.477 e. The summed E-state index contributed by atoms with van der Waals surface area (Å²) in [6, 6.07) is 41.5. The summed E-state index contributed by atoms with van der Waals surface area (Å²) >= 11 is 1.49. The zero-order valence-corrected chi connectivity index (χ0v) is 23.0. The first-order valence-electron chi connectivity index (χ1n) is 13.1. The first-order valence-corrected chi connectivity index (χ1v) is 14.5. The van der Waals surface area contributed by atoms with Gasteiger partial charge in [0.2, 0.25) is 5.75 Å². The number of pyridine rings is 1. The molecule has 0 radical (unpaired) electrons. The first-order chi connectivity index (χ1) is 19.6. The average molecular weight is 551 g/mol. The van der Waals surface area contributed by atoms with Crippen molar-refractivity contribution in [3.8, 4) is 11.5 Å². The van der Waals surface area contributed by atoms with E-state index in [4.69, 9.17) is 9.47 Å². The summed E-state index contributed by atoms with van der Waals surface area (Å²) in [5, 5.41) is 21.8. The maximum Gasteiger partial charge on any atom is 0.268 e. The molecule has 6 heteroatoms. The maximum atomic E-state index is 10.9. The van der Waals surface area contributed by atoms with Gasteiger partial charge in [-0.25, -0.2) is 0 Å². The van der Waals surface area contributed by atoms with Crippen LogP contribution in [0.4, 0.5) is 0 Å². The molecule has 0 spiro atoms. The molecular weight excluding hydrogens is 518 g/mol. The van der Waals surface area contributed by atoms with Crippen molar-refractivity contribution < 1.29 is 24.5 Å². The van der Waals surface area contributed by atoms with Gasteiger partial charge < -0.3 is 14.6 Å². The number of hydrogen-bond acceptors (Lipinski definition) is 5. The van der Waals surface area contributed by atoms with Gasteiger partial charge in [-0.1, -0.05) is 121 Å². The van der Waals surface area contributed by atoms with Gasteiger partial charge in [0.1, 0.15) is 12.2 Å². The highest BCUT2D eigenvalue weighted by molar-refractivity contribution is 7.98. The minimum absolute atomic E-state index is 0.313. The minimum Gasteiger partial charge on any atom is -0.477 e. The molecule has 0 aliphatic heterocycles. The summed E-state index contributed by atoms with van der Waals surface area (Å²) < 4.78 is 14.3. The molecule has 1 unspecified atom stereocenters. The van der Waals surface area contributed by atoms with Crippen molar-refractivity contribution in [2.75, 3.05) is 12.0 Å². The predicted molar refractivity (Wildman–Crippen MR) is 158 cm³/mol. The van der Waals surface area contributed by atoms with Crippen LogP contribution in [0.3, 0.4) is 0 Å². The van der Waals surface area contributed by atoms with Gasteiger partial charge in [0.25, 0.3) is 11.9 Å². The monoisotopic (exact) mass is 550 g/mol. The van der Waals surface area contributed by atoms with Crippen LogP contribution in [0.25, 0.3) is 0 Å². The number of aliphatic hydroxyl groups excluding tert-OH is 1. The van der Waals surface area contributed by atoms with Crippen molar-refractivity contribution in [2.45, 2.75) is 18.3 Å². The summed E-state index contributed by atoms with van der Waals surface area (Å²) in [7, 11) is 0. The Morgan fingerprint density at radius 2 is 1.00 bits per heavy atom. The van der Waals surface area contributed by atoms with Gasteiger partial charge in [0.05, 0.1) is 6.07 Å². The SMILES string of the molecule is CSCC(O)c1cc(OC(c2ccccc2)c2ccccc2)c(OC(c2ccccc2)c2ccccc2)c[n+]1O. The molecule has 0 fully saturated rings. The number of aromatic nitrogens is 1. The number of ether oxygens (including phenoxy) is 2. The Bertz CT molecular complexity index is 1410. The van der Waals surface area contributed by atoms with Crippen LogP contribution >= 0.6 is 11.8 Å². The molecule has 40 heavy (non-hydrogen) atoms. The van der Waals surface area contributed by atoms with E-state index < -0.39 is 18.3 Å². The standard InChI is InChI=1S/C34H32NO4S/c1-40-24-30(36)29-22-31(38-33(25-14-6-2-7-15-25)26-16-8-3-9-17-26)32(23-35(29)37)39-34(27-18-10-4-11-19-27)28-20-12-5-13-21-28/h2-23,30,33-34,36-37H,24H2,1H3/q+1. The lowest BCUT2D eigenvalue weighted by atomic mass is 10.0. The third-order valence-electron chi connectivity index (χ3n) is 6.59. The van der Waals surface area contributed by atoms with Crippen LogP contribution in [-0.2, 0) is 0 Å². The molecule has 0 aliphatic carbocycles. The highest BCUT2D eigenvalue weighted by Gasteiger charge is 2.29. The molecule has 0 saturated heterocycles. The third kappa shape index (κ3) is 6.47. The van der Waals surface area contributed by atoms with E-state index in [-0.39, 0.29) is 0 Å².